The minimum Gasteiger partial charge on any atom is -0.294 e. The van der Waals surface area contributed by atoms with Gasteiger partial charge in [-0.15, -0.1) is 0 Å². The van der Waals surface area contributed by atoms with Crippen molar-refractivity contribution in [3.63, 3.8) is 0 Å². The Morgan fingerprint density at radius 1 is 1.16 bits per heavy atom. The molecule has 3 fully saturated rings. The van der Waals surface area contributed by atoms with Crippen LogP contribution in [0, 0.1) is 5.92 Å². The van der Waals surface area contributed by atoms with E-state index < -0.39 is 16.0 Å². The van der Waals surface area contributed by atoms with Gasteiger partial charge in [-0.3, -0.25) is 9.48 Å². The van der Waals surface area contributed by atoms with Crippen LogP contribution in [-0.2, 0) is 28.1 Å². The van der Waals surface area contributed by atoms with E-state index in [-0.39, 0.29) is 29.3 Å². The molecule has 3 saturated carbocycles. The summed E-state index contributed by atoms with van der Waals surface area (Å²) in [5.74, 6) is 0.199. The average Bonchev–Trinajstić information content (AvgIpc) is 3.68. The predicted molar refractivity (Wildman–Crippen MR) is 121 cm³/mol. The molecule has 32 heavy (non-hydrogen) atoms. The van der Waals surface area contributed by atoms with Gasteiger partial charge < -0.3 is 0 Å². The summed E-state index contributed by atoms with van der Waals surface area (Å²) in [6.45, 7) is 0. The van der Waals surface area contributed by atoms with Crippen molar-refractivity contribution in [2.45, 2.75) is 73.6 Å². The quantitative estimate of drug-likeness (QED) is 0.546. The fourth-order valence-corrected chi connectivity index (χ4v) is 6.69. The van der Waals surface area contributed by atoms with Crippen LogP contribution >= 0.6 is 0 Å². The van der Waals surface area contributed by atoms with Crippen LogP contribution in [0.4, 0.5) is 4.39 Å². The SMILES string of the molecule is Cn1ccc(CC(=O)/C(=C/[C@H]2CCC(F)C2)c2ccc(S(=O)(=O)C3CC3)c(C3CC3)c2)n1. The van der Waals surface area contributed by atoms with Crippen molar-refractivity contribution in [3.05, 3.63) is 53.4 Å². The van der Waals surface area contributed by atoms with Crippen molar-refractivity contribution in [1.29, 1.82) is 0 Å². The maximum absolute atomic E-state index is 13.8. The first kappa shape index (κ1) is 21.6. The molecule has 0 N–H and O–H groups in total. The molecule has 5 nitrogen and oxygen atoms in total. The lowest BCUT2D eigenvalue weighted by Crippen LogP contribution is -2.12. The topological polar surface area (TPSA) is 69.0 Å². The van der Waals surface area contributed by atoms with Crippen LogP contribution < -0.4 is 0 Å². The predicted octanol–water partition coefficient (Wildman–Crippen LogP) is 4.57. The zero-order valence-electron chi connectivity index (χ0n) is 18.3. The van der Waals surface area contributed by atoms with Crippen LogP contribution in [0.25, 0.3) is 5.57 Å². The van der Waals surface area contributed by atoms with Gasteiger partial charge in [0.15, 0.2) is 15.6 Å². The molecule has 0 spiro atoms. The number of carbonyl (C=O) groups excluding carboxylic acids is 1. The van der Waals surface area contributed by atoms with E-state index in [1.54, 1.807) is 23.0 Å². The van der Waals surface area contributed by atoms with Gasteiger partial charge in [-0.1, -0.05) is 12.1 Å². The number of carbonyl (C=O) groups is 1. The molecule has 0 bridgehead atoms. The Balaban J connectivity index is 1.52. The summed E-state index contributed by atoms with van der Waals surface area (Å²) in [6, 6.07) is 7.21. The van der Waals surface area contributed by atoms with Crippen LogP contribution in [0.2, 0.25) is 0 Å². The number of ketones is 1. The molecule has 2 atom stereocenters. The van der Waals surface area contributed by atoms with Gasteiger partial charge >= 0.3 is 0 Å². The van der Waals surface area contributed by atoms with Gasteiger partial charge in [0.1, 0.15) is 6.17 Å². The van der Waals surface area contributed by atoms with Crippen molar-refractivity contribution >= 4 is 21.2 Å². The number of benzene rings is 1. The van der Waals surface area contributed by atoms with Crippen LogP contribution in [0.1, 0.15) is 67.7 Å². The molecule has 7 heteroatoms. The molecule has 0 amide bonds. The lowest BCUT2D eigenvalue weighted by atomic mass is 9.92. The van der Waals surface area contributed by atoms with Crippen LogP contribution in [0.3, 0.4) is 0 Å². The largest absolute Gasteiger partial charge is 0.294 e. The highest BCUT2D eigenvalue weighted by molar-refractivity contribution is 7.92. The number of nitrogens with zero attached hydrogens (tertiary/aromatic N) is 2. The summed E-state index contributed by atoms with van der Waals surface area (Å²) in [5, 5.41) is 4.07. The first-order chi connectivity index (χ1) is 15.3. The molecule has 3 aliphatic rings. The number of allylic oxidation sites excluding steroid dienone is 2. The Morgan fingerprint density at radius 3 is 2.53 bits per heavy atom. The smallest absolute Gasteiger partial charge is 0.181 e. The fourth-order valence-electron chi connectivity index (χ4n) is 4.76. The van der Waals surface area contributed by atoms with Gasteiger partial charge in [-0.2, -0.15) is 5.10 Å². The molecular formula is C25H29FN2O3S. The summed E-state index contributed by atoms with van der Waals surface area (Å²) in [6.07, 6.45) is 8.17. The van der Waals surface area contributed by atoms with E-state index >= 15 is 0 Å². The number of aromatic nitrogens is 2. The van der Waals surface area contributed by atoms with Crippen LogP contribution in [-0.4, -0.2) is 35.4 Å². The van der Waals surface area contributed by atoms with Crippen LogP contribution in [0.5, 0.6) is 0 Å². The Bertz CT molecular complexity index is 1180. The van der Waals surface area contributed by atoms with Gasteiger partial charge in [0.2, 0.25) is 0 Å². The van der Waals surface area contributed by atoms with E-state index in [0.29, 0.717) is 29.0 Å². The van der Waals surface area contributed by atoms with Gasteiger partial charge in [0, 0.05) is 18.8 Å². The average molecular weight is 457 g/mol. The summed E-state index contributed by atoms with van der Waals surface area (Å²) in [4.78, 5) is 13.8. The standard InChI is InChI=1S/C25H29FN2O3S/c1-28-11-10-20(27-28)15-24(29)22(13-16-2-6-19(26)12-16)18-5-9-25(23(14-18)17-3-4-17)32(30,31)21-7-8-21/h5,9-11,13-14,16-17,19,21H,2-4,6-8,12,15H2,1H3/b22-13+/t16-,19?/m0/s1. The Hall–Kier alpha value is -2.28. The number of hydrogen-bond donors (Lipinski definition) is 0. The van der Waals surface area contributed by atoms with Crippen molar-refractivity contribution in [2.24, 2.45) is 13.0 Å². The zero-order valence-corrected chi connectivity index (χ0v) is 19.2. The van der Waals surface area contributed by atoms with Crippen molar-refractivity contribution < 1.29 is 17.6 Å². The number of rotatable bonds is 8. The lowest BCUT2D eigenvalue weighted by molar-refractivity contribution is -0.113. The first-order valence-corrected chi connectivity index (χ1v) is 13.1. The molecular weight excluding hydrogens is 427 g/mol. The first-order valence-electron chi connectivity index (χ1n) is 11.6. The second-order valence-electron chi connectivity index (χ2n) is 9.60. The molecule has 3 aliphatic carbocycles. The maximum Gasteiger partial charge on any atom is 0.181 e. The van der Waals surface area contributed by atoms with E-state index in [4.69, 9.17) is 0 Å². The highest BCUT2D eigenvalue weighted by Gasteiger charge is 2.40. The minimum atomic E-state index is -3.31. The summed E-state index contributed by atoms with van der Waals surface area (Å²) in [5.41, 5.74) is 2.84. The van der Waals surface area contributed by atoms with E-state index in [9.17, 15) is 17.6 Å². The molecule has 0 saturated heterocycles. The van der Waals surface area contributed by atoms with Gasteiger partial charge in [-0.25, -0.2) is 12.8 Å². The third-order valence-electron chi connectivity index (χ3n) is 6.83. The molecule has 1 unspecified atom stereocenters. The Labute approximate surface area is 188 Å². The maximum atomic E-state index is 13.8. The molecule has 170 valence electrons. The fraction of sp³-hybridized carbons (Fsp3) is 0.520. The Kier molecular flexibility index (Phi) is 5.56. The van der Waals surface area contributed by atoms with E-state index in [1.165, 1.54) is 0 Å². The van der Waals surface area contributed by atoms with Gasteiger partial charge in [0.05, 0.1) is 22.3 Å². The number of halogens is 1. The van der Waals surface area contributed by atoms with Crippen LogP contribution in [0.15, 0.2) is 41.4 Å². The highest BCUT2D eigenvalue weighted by Crippen LogP contribution is 2.46. The monoisotopic (exact) mass is 456 g/mol. The van der Waals surface area contributed by atoms with Gasteiger partial charge in [-0.05, 0) is 86.1 Å². The summed E-state index contributed by atoms with van der Waals surface area (Å²) >= 11 is 0. The minimum absolute atomic E-state index is 0.0203. The number of Topliss-reactive ketones (excluding diaryl/α,β-unsaturated/α-hetero) is 1. The van der Waals surface area contributed by atoms with E-state index in [0.717, 1.165) is 43.2 Å². The van der Waals surface area contributed by atoms with E-state index in [1.807, 2.05) is 25.3 Å². The van der Waals surface area contributed by atoms with Gasteiger partial charge in [0.25, 0.3) is 0 Å². The third-order valence-corrected chi connectivity index (χ3v) is 9.16. The molecule has 1 aromatic carbocycles. The zero-order chi connectivity index (χ0) is 22.5. The second-order valence-corrected chi connectivity index (χ2v) is 11.8. The molecule has 1 aromatic heterocycles. The van der Waals surface area contributed by atoms with E-state index in [2.05, 4.69) is 5.10 Å². The summed E-state index contributed by atoms with van der Waals surface area (Å²) in [7, 11) is -1.50. The lowest BCUT2D eigenvalue weighted by Gasteiger charge is -2.15. The van der Waals surface area contributed by atoms with Crippen molar-refractivity contribution in [2.75, 3.05) is 0 Å². The molecule has 0 radical (unpaired) electrons. The number of sulfone groups is 1. The number of alkyl halides is 1. The molecule has 2 aromatic rings. The number of hydrogen-bond acceptors (Lipinski definition) is 4. The van der Waals surface area contributed by atoms with Crippen molar-refractivity contribution in [1.82, 2.24) is 9.78 Å². The number of aryl methyl sites for hydroxylation is 1. The normalized spacial score (nSPS) is 24.1. The molecule has 0 aliphatic heterocycles. The molecule has 1 heterocycles. The third kappa shape index (κ3) is 4.45. The molecule has 5 rings (SSSR count). The highest BCUT2D eigenvalue weighted by atomic mass is 32.2. The summed E-state index contributed by atoms with van der Waals surface area (Å²) < 4.78 is 41.5. The second kappa shape index (κ2) is 8.25. The Morgan fingerprint density at radius 2 is 1.94 bits per heavy atom. The van der Waals surface area contributed by atoms with Crippen molar-refractivity contribution in [3.8, 4) is 0 Å².